The van der Waals surface area contributed by atoms with E-state index in [1.807, 2.05) is 12.4 Å². The number of nitrogens with zero attached hydrogens (tertiary/aromatic N) is 2. The number of aromatic nitrogens is 1. The molecule has 3 nitrogen and oxygen atoms in total. The second-order valence-electron chi connectivity index (χ2n) is 13.2. The molecule has 10 aromatic rings. The number of anilines is 3. The van der Waals surface area contributed by atoms with Gasteiger partial charge in [0.2, 0.25) is 0 Å². The lowest BCUT2D eigenvalue weighted by Gasteiger charge is -2.26. The third-order valence-electron chi connectivity index (χ3n) is 10.2. The summed E-state index contributed by atoms with van der Waals surface area (Å²) in [6.45, 7) is 0. The smallest absolute Gasteiger partial charge is 0.159 e. The summed E-state index contributed by atoms with van der Waals surface area (Å²) in [6.07, 6.45) is 3.73. The maximum atomic E-state index is 6.75. The van der Waals surface area contributed by atoms with E-state index in [1.54, 1.807) is 0 Å². The van der Waals surface area contributed by atoms with Crippen LogP contribution in [-0.2, 0) is 0 Å². The number of hydrogen-bond donors (Lipinski definition) is 0. The van der Waals surface area contributed by atoms with Crippen molar-refractivity contribution in [2.45, 2.75) is 0 Å². The SMILES string of the molecule is c1ccc(-c2ccccc2-c2ccc(N(c3ccc(-c4cccc5ccccc45)cc3)c3cccc4c3oc3cc5cnccc5cc34)cc2)cc1. The molecule has 8 aromatic carbocycles. The highest BCUT2D eigenvalue weighted by Gasteiger charge is 2.20. The second-order valence-corrected chi connectivity index (χ2v) is 13.2. The van der Waals surface area contributed by atoms with E-state index in [1.165, 1.54) is 38.6 Å². The van der Waals surface area contributed by atoms with Crippen molar-refractivity contribution in [1.29, 1.82) is 0 Å². The van der Waals surface area contributed by atoms with Gasteiger partial charge in [0.25, 0.3) is 0 Å². The molecule has 0 unspecified atom stereocenters. The number of rotatable bonds is 6. The Morgan fingerprint density at radius 1 is 0.404 bits per heavy atom. The minimum atomic E-state index is 0.845. The number of para-hydroxylation sites is 1. The van der Waals surface area contributed by atoms with Gasteiger partial charge < -0.3 is 9.32 Å². The molecule has 0 radical (unpaired) electrons. The van der Waals surface area contributed by atoms with Gasteiger partial charge in [-0.05, 0) is 98.1 Å². The van der Waals surface area contributed by atoms with Gasteiger partial charge in [0.05, 0.1) is 5.69 Å². The van der Waals surface area contributed by atoms with Crippen LogP contribution < -0.4 is 4.90 Å². The number of hydrogen-bond acceptors (Lipinski definition) is 3. The largest absolute Gasteiger partial charge is 0.454 e. The van der Waals surface area contributed by atoms with Gasteiger partial charge in [0.15, 0.2) is 5.58 Å². The van der Waals surface area contributed by atoms with Gasteiger partial charge in [-0.15, -0.1) is 0 Å². The lowest BCUT2D eigenvalue weighted by molar-refractivity contribution is 0.669. The normalized spacial score (nSPS) is 11.5. The van der Waals surface area contributed by atoms with Crippen LogP contribution in [0.2, 0.25) is 0 Å². The molecular weight excluding hydrogens is 633 g/mol. The molecule has 0 N–H and O–H groups in total. The molecule has 0 spiro atoms. The molecule has 244 valence electrons. The third-order valence-corrected chi connectivity index (χ3v) is 10.2. The molecule has 0 fully saturated rings. The summed E-state index contributed by atoms with van der Waals surface area (Å²) < 4.78 is 6.75. The van der Waals surface area contributed by atoms with Gasteiger partial charge in [-0.25, -0.2) is 0 Å². The summed E-state index contributed by atoms with van der Waals surface area (Å²) >= 11 is 0. The second kappa shape index (κ2) is 12.4. The third kappa shape index (κ3) is 5.10. The Labute approximate surface area is 301 Å². The zero-order valence-corrected chi connectivity index (χ0v) is 28.3. The van der Waals surface area contributed by atoms with Gasteiger partial charge in [-0.3, -0.25) is 4.98 Å². The maximum absolute atomic E-state index is 6.75. The molecule has 0 aliphatic carbocycles. The van der Waals surface area contributed by atoms with E-state index in [2.05, 4.69) is 192 Å². The first-order valence-corrected chi connectivity index (χ1v) is 17.6. The molecule has 0 atom stereocenters. The van der Waals surface area contributed by atoms with E-state index in [0.717, 1.165) is 55.3 Å². The van der Waals surface area contributed by atoms with Crippen molar-refractivity contribution in [2.75, 3.05) is 4.90 Å². The Kier molecular flexibility index (Phi) is 7.14. The fraction of sp³-hybridized carbons (Fsp3) is 0. The van der Waals surface area contributed by atoms with E-state index in [0.29, 0.717) is 0 Å². The maximum Gasteiger partial charge on any atom is 0.159 e. The molecule has 52 heavy (non-hydrogen) atoms. The fourth-order valence-corrected chi connectivity index (χ4v) is 7.63. The highest BCUT2D eigenvalue weighted by molar-refractivity contribution is 6.13. The van der Waals surface area contributed by atoms with Gasteiger partial charge in [0, 0.05) is 39.9 Å². The van der Waals surface area contributed by atoms with Crippen molar-refractivity contribution >= 4 is 60.5 Å². The van der Waals surface area contributed by atoms with Crippen molar-refractivity contribution in [3.05, 3.63) is 194 Å². The molecule has 0 bridgehead atoms. The Hall–Kier alpha value is -6.97. The summed E-state index contributed by atoms with van der Waals surface area (Å²) in [5.41, 5.74) is 11.9. The van der Waals surface area contributed by atoms with Gasteiger partial charge in [-0.2, -0.15) is 0 Å². The number of furan rings is 1. The van der Waals surface area contributed by atoms with Crippen LogP contribution in [0.25, 0.3) is 76.9 Å². The minimum Gasteiger partial charge on any atom is -0.454 e. The van der Waals surface area contributed by atoms with Crippen LogP contribution in [0.3, 0.4) is 0 Å². The van der Waals surface area contributed by atoms with E-state index >= 15 is 0 Å². The number of benzene rings is 8. The van der Waals surface area contributed by atoms with Crippen LogP contribution in [0.15, 0.2) is 199 Å². The van der Waals surface area contributed by atoms with E-state index in [4.69, 9.17) is 4.42 Å². The minimum absolute atomic E-state index is 0.845. The Morgan fingerprint density at radius 3 is 1.77 bits per heavy atom. The van der Waals surface area contributed by atoms with Crippen LogP contribution in [0, 0.1) is 0 Å². The topological polar surface area (TPSA) is 29.3 Å². The monoisotopic (exact) mass is 664 g/mol. The Morgan fingerprint density at radius 2 is 1.00 bits per heavy atom. The number of pyridine rings is 1. The Bertz CT molecular complexity index is 2880. The highest BCUT2D eigenvalue weighted by Crippen LogP contribution is 2.44. The summed E-state index contributed by atoms with van der Waals surface area (Å²) in [6, 6.07) is 64.9. The van der Waals surface area contributed by atoms with Crippen molar-refractivity contribution in [3.8, 4) is 33.4 Å². The molecule has 10 rings (SSSR count). The van der Waals surface area contributed by atoms with Gasteiger partial charge in [0.1, 0.15) is 5.58 Å². The summed E-state index contributed by atoms with van der Waals surface area (Å²) in [4.78, 5) is 6.66. The molecule has 2 aromatic heterocycles. The van der Waals surface area contributed by atoms with Crippen molar-refractivity contribution in [2.24, 2.45) is 0 Å². The molecule has 0 aliphatic rings. The van der Waals surface area contributed by atoms with Crippen molar-refractivity contribution < 1.29 is 4.42 Å². The molecule has 2 heterocycles. The fourth-order valence-electron chi connectivity index (χ4n) is 7.63. The van der Waals surface area contributed by atoms with Crippen LogP contribution >= 0.6 is 0 Å². The predicted octanol–water partition coefficient (Wildman–Crippen LogP) is 13.8. The van der Waals surface area contributed by atoms with E-state index in [-0.39, 0.29) is 0 Å². The van der Waals surface area contributed by atoms with Gasteiger partial charge in [-0.1, -0.05) is 133 Å². The van der Waals surface area contributed by atoms with E-state index in [9.17, 15) is 0 Å². The number of fused-ring (bicyclic) bond motifs is 5. The molecular formula is C49H32N2O. The van der Waals surface area contributed by atoms with Crippen LogP contribution in [0.1, 0.15) is 0 Å². The summed E-state index contributed by atoms with van der Waals surface area (Å²) in [5.74, 6) is 0. The van der Waals surface area contributed by atoms with Crippen molar-refractivity contribution in [3.63, 3.8) is 0 Å². The zero-order valence-electron chi connectivity index (χ0n) is 28.3. The Balaban J connectivity index is 1.13. The average molecular weight is 665 g/mol. The summed E-state index contributed by atoms with van der Waals surface area (Å²) in [7, 11) is 0. The molecule has 0 aliphatic heterocycles. The van der Waals surface area contributed by atoms with Crippen LogP contribution in [0.4, 0.5) is 17.1 Å². The quantitative estimate of drug-likeness (QED) is 0.177. The standard InChI is InChI=1S/C49H32N2O/c1-2-10-33(11-3-1)41-15-6-7-16-43(41)35-20-24-39(25-21-35)51(40-26-22-36(23-27-40)44-17-8-13-34-12-4-5-14-42(34)44)47-19-9-18-45-46-30-37-28-29-50-32-38(37)31-48(46)52-49(45)47/h1-32H. The van der Waals surface area contributed by atoms with E-state index < -0.39 is 0 Å². The van der Waals surface area contributed by atoms with Crippen LogP contribution in [0.5, 0.6) is 0 Å². The first kappa shape index (κ1) is 29.9. The van der Waals surface area contributed by atoms with Crippen molar-refractivity contribution in [1.82, 2.24) is 4.98 Å². The zero-order chi connectivity index (χ0) is 34.4. The molecule has 0 saturated heterocycles. The predicted molar refractivity (Wildman–Crippen MR) is 218 cm³/mol. The lowest BCUT2D eigenvalue weighted by Crippen LogP contribution is -2.10. The first-order valence-electron chi connectivity index (χ1n) is 17.6. The molecule has 0 amide bonds. The lowest BCUT2D eigenvalue weighted by atomic mass is 9.94. The first-order chi connectivity index (χ1) is 25.8. The van der Waals surface area contributed by atoms with Gasteiger partial charge >= 0.3 is 0 Å². The molecule has 0 saturated carbocycles. The summed E-state index contributed by atoms with van der Waals surface area (Å²) in [5, 5.41) is 6.85. The van der Waals surface area contributed by atoms with Crippen LogP contribution in [-0.4, -0.2) is 4.98 Å². The molecule has 3 heteroatoms. The highest BCUT2D eigenvalue weighted by atomic mass is 16.3. The average Bonchev–Trinajstić information content (AvgIpc) is 3.59.